The van der Waals surface area contributed by atoms with Crippen molar-refractivity contribution in [1.29, 1.82) is 5.26 Å². The Balaban J connectivity index is 1.53. The lowest BCUT2D eigenvalue weighted by atomic mass is 9.95. The second kappa shape index (κ2) is 6.87. The standard InChI is InChI=1S/C20H21N5O/c1-24-6-8-25(9-7-24)13-15-3-5-18(22-12-15)19-16-10-14(11-21)2-4-17(16)23-20(19)26/h2-5,10,12,19H,6-9,13H2,1H3,(H,23,26). The largest absolute Gasteiger partial charge is 0.325 e. The van der Waals surface area contributed by atoms with Gasteiger partial charge in [-0.2, -0.15) is 5.26 Å². The highest BCUT2D eigenvalue weighted by Crippen LogP contribution is 2.36. The van der Waals surface area contributed by atoms with E-state index in [1.807, 2.05) is 12.3 Å². The number of carbonyl (C=O) groups excluding carboxylic acids is 1. The van der Waals surface area contributed by atoms with Crippen molar-refractivity contribution in [3.05, 3.63) is 58.9 Å². The van der Waals surface area contributed by atoms with E-state index in [9.17, 15) is 4.79 Å². The Bertz CT molecular complexity index is 863. The number of piperazine rings is 1. The third kappa shape index (κ3) is 3.19. The molecule has 2 aliphatic rings. The molecule has 1 unspecified atom stereocenters. The molecule has 1 saturated heterocycles. The predicted molar refractivity (Wildman–Crippen MR) is 98.6 cm³/mol. The number of pyridine rings is 1. The smallest absolute Gasteiger partial charge is 0.238 e. The first-order valence-corrected chi connectivity index (χ1v) is 8.84. The van der Waals surface area contributed by atoms with Crippen LogP contribution in [0.15, 0.2) is 36.5 Å². The summed E-state index contributed by atoms with van der Waals surface area (Å²) in [4.78, 5) is 21.7. The molecular weight excluding hydrogens is 326 g/mol. The van der Waals surface area contributed by atoms with Crippen molar-refractivity contribution in [2.75, 3.05) is 38.5 Å². The summed E-state index contributed by atoms with van der Waals surface area (Å²) in [6.45, 7) is 5.19. The van der Waals surface area contributed by atoms with Crippen LogP contribution in [0, 0.1) is 11.3 Å². The Morgan fingerprint density at radius 2 is 2.04 bits per heavy atom. The van der Waals surface area contributed by atoms with E-state index >= 15 is 0 Å². The third-order valence-electron chi connectivity index (χ3n) is 5.16. The number of aromatic nitrogens is 1. The van der Waals surface area contributed by atoms with Crippen molar-refractivity contribution < 1.29 is 4.79 Å². The molecule has 4 rings (SSSR count). The van der Waals surface area contributed by atoms with E-state index in [0.29, 0.717) is 5.56 Å². The van der Waals surface area contributed by atoms with E-state index in [2.05, 4.69) is 39.3 Å². The van der Waals surface area contributed by atoms with Crippen molar-refractivity contribution in [1.82, 2.24) is 14.8 Å². The molecule has 0 bridgehead atoms. The van der Waals surface area contributed by atoms with Crippen LogP contribution >= 0.6 is 0 Å². The van der Waals surface area contributed by atoms with Crippen molar-refractivity contribution in [2.45, 2.75) is 12.5 Å². The highest BCUT2D eigenvalue weighted by Gasteiger charge is 2.33. The minimum absolute atomic E-state index is 0.0885. The van der Waals surface area contributed by atoms with E-state index in [-0.39, 0.29) is 5.91 Å². The lowest BCUT2D eigenvalue weighted by Crippen LogP contribution is -2.43. The third-order valence-corrected chi connectivity index (χ3v) is 5.16. The van der Waals surface area contributed by atoms with Crippen LogP contribution in [0.4, 0.5) is 5.69 Å². The van der Waals surface area contributed by atoms with E-state index in [0.717, 1.165) is 55.2 Å². The Kier molecular flexibility index (Phi) is 4.41. The first kappa shape index (κ1) is 16.7. The van der Waals surface area contributed by atoms with Crippen molar-refractivity contribution in [3.63, 3.8) is 0 Å². The molecule has 3 heterocycles. The molecule has 0 saturated carbocycles. The summed E-state index contributed by atoms with van der Waals surface area (Å²) in [7, 11) is 2.15. The Morgan fingerprint density at radius 3 is 2.73 bits per heavy atom. The maximum absolute atomic E-state index is 12.4. The molecule has 1 aromatic heterocycles. The van der Waals surface area contributed by atoms with Gasteiger partial charge in [0.05, 0.1) is 17.3 Å². The van der Waals surface area contributed by atoms with E-state index in [1.165, 1.54) is 0 Å². The first-order valence-electron chi connectivity index (χ1n) is 8.84. The van der Waals surface area contributed by atoms with Gasteiger partial charge in [0.2, 0.25) is 5.91 Å². The number of hydrogen-bond donors (Lipinski definition) is 1. The van der Waals surface area contributed by atoms with E-state index in [4.69, 9.17) is 5.26 Å². The van der Waals surface area contributed by atoms with Crippen LogP contribution in [0.25, 0.3) is 0 Å². The molecule has 1 amide bonds. The van der Waals surface area contributed by atoms with E-state index in [1.54, 1.807) is 18.2 Å². The van der Waals surface area contributed by atoms with Gasteiger partial charge in [0.15, 0.2) is 0 Å². The molecule has 6 heteroatoms. The second-order valence-corrected chi connectivity index (χ2v) is 7.01. The molecule has 26 heavy (non-hydrogen) atoms. The molecule has 132 valence electrons. The molecule has 1 N–H and O–H groups in total. The van der Waals surface area contributed by atoms with Gasteiger partial charge in [-0.25, -0.2) is 0 Å². The molecule has 0 spiro atoms. The predicted octanol–water partition coefficient (Wildman–Crippen LogP) is 1.78. The van der Waals surface area contributed by atoms with Gasteiger partial charge >= 0.3 is 0 Å². The fourth-order valence-electron chi connectivity index (χ4n) is 3.59. The van der Waals surface area contributed by atoms with Crippen molar-refractivity contribution in [3.8, 4) is 6.07 Å². The Hall–Kier alpha value is -2.75. The summed E-state index contributed by atoms with van der Waals surface area (Å²) in [5.74, 6) is -0.537. The summed E-state index contributed by atoms with van der Waals surface area (Å²) < 4.78 is 0. The molecule has 2 aromatic rings. The van der Waals surface area contributed by atoms with Crippen LogP contribution in [0.3, 0.4) is 0 Å². The topological polar surface area (TPSA) is 72.3 Å². The molecule has 2 aliphatic heterocycles. The van der Waals surface area contributed by atoms with Gasteiger partial charge < -0.3 is 10.2 Å². The fraction of sp³-hybridized carbons (Fsp3) is 0.350. The fourth-order valence-corrected chi connectivity index (χ4v) is 3.59. The van der Waals surface area contributed by atoms with Crippen LogP contribution in [-0.4, -0.2) is 53.9 Å². The Labute approximate surface area is 153 Å². The Morgan fingerprint density at radius 1 is 1.23 bits per heavy atom. The number of nitriles is 1. The number of benzene rings is 1. The van der Waals surface area contributed by atoms with Gasteiger partial charge in [-0.1, -0.05) is 6.07 Å². The zero-order valence-corrected chi connectivity index (χ0v) is 14.8. The summed E-state index contributed by atoms with van der Waals surface area (Å²) >= 11 is 0. The lowest BCUT2D eigenvalue weighted by molar-refractivity contribution is -0.116. The average Bonchev–Trinajstić information content (AvgIpc) is 2.99. The van der Waals surface area contributed by atoms with Gasteiger partial charge in [0.25, 0.3) is 0 Å². The quantitative estimate of drug-likeness (QED) is 0.916. The van der Waals surface area contributed by atoms with E-state index < -0.39 is 5.92 Å². The molecule has 6 nitrogen and oxygen atoms in total. The number of likely N-dealkylation sites (N-methyl/N-ethyl adjacent to an activating group) is 1. The normalized spacial score (nSPS) is 20.5. The number of anilines is 1. The maximum Gasteiger partial charge on any atom is 0.238 e. The molecule has 0 aliphatic carbocycles. The number of amides is 1. The summed E-state index contributed by atoms with van der Waals surface area (Å²) in [6.07, 6.45) is 1.87. The number of rotatable bonds is 3. The summed E-state index contributed by atoms with van der Waals surface area (Å²) in [6, 6.07) is 11.4. The number of carbonyl (C=O) groups is 1. The monoisotopic (exact) mass is 347 g/mol. The van der Waals surface area contributed by atoms with Gasteiger partial charge in [0.1, 0.15) is 5.92 Å². The first-order chi connectivity index (χ1) is 12.6. The number of fused-ring (bicyclic) bond motifs is 1. The van der Waals surface area contributed by atoms with Crippen molar-refractivity contribution in [2.24, 2.45) is 0 Å². The highest BCUT2D eigenvalue weighted by atomic mass is 16.2. The lowest BCUT2D eigenvalue weighted by Gasteiger charge is -2.32. The van der Waals surface area contributed by atoms with Gasteiger partial charge in [0, 0.05) is 44.6 Å². The zero-order chi connectivity index (χ0) is 18.1. The minimum atomic E-state index is -0.448. The van der Waals surface area contributed by atoms with Crippen molar-refractivity contribution >= 4 is 11.6 Å². The maximum atomic E-state index is 12.4. The van der Waals surface area contributed by atoms with Gasteiger partial charge in [-0.15, -0.1) is 0 Å². The van der Waals surface area contributed by atoms with Crippen LogP contribution in [0.2, 0.25) is 0 Å². The molecule has 1 fully saturated rings. The van der Waals surface area contributed by atoms with Crippen LogP contribution in [0.1, 0.15) is 28.3 Å². The summed E-state index contributed by atoms with van der Waals surface area (Å²) in [5, 5.41) is 12.0. The van der Waals surface area contributed by atoms with Crippen LogP contribution in [0.5, 0.6) is 0 Å². The minimum Gasteiger partial charge on any atom is -0.325 e. The SMILES string of the molecule is CN1CCN(Cc2ccc(C3C(=O)Nc4ccc(C#N)cc43)nc2)CC1. The van der Waals surface area contributed by atoms with Gasteiger partial charge in [-0.05, 0) is 42.4 Å². The average molecular weight is 347 g/mol. The van der Waals surface area contributed by atoms with Crippen LogP contribution < -0.4 is 5.32 Å². The molecule has 1 aromatic carbocycles. The zero-order valence-electron chi connectivity index (χ0n) is 14.8. The molecular formula is C20H21N5O. The van der Waals surface area contributed by atoms with Crippen LogP contribution in [-0.2, 0) is 11.3 Å². The highest BCUT2D eigenvalue weighted by molar-refractivity contribution is 6.04. The second-order valence-electron chi connectivity index (χ2n) is 7.01. The summed E-state index contributed by atoms with van der Waals surface area (Å²) in [5.41, 5.74) is 4.02. The number of hydrogen-bond acceptors (Lipinski definition) is 5. The number of nitrogens with zero attached hydrogens (tertiary/aromatic N) is 4. The molecule has 1 atom stereocenters. The van der Waals surface area contributed by atoms with Gasteiger partial charge in [-0.3, -0.25) is 14.7 Å². The molecule has 0 radical (unpaired) electrons. The number of nitrogens with one attached hydrogen (secondary N) is 1.